The monoisotopic (exact) mass is 442 g/mol. The molecule has 1 unspecified atom stereocenters. The van der Waals surface area contributed by atoms with Gasteiger partial charge in [-0.2, -0.15) is 0 Å². The summed E-state index contributed by atoms with van der Waals surface area (Å²) in [6.07, 6.45) is 5.34. The molecule has 32 heavy (non-hydrogen) atoms. The van der Waals surface area contributed by atoms with E-state index in [4.69, 9.17) is 0 Å². The highest BCUT2D eigenvalue weighted by Gasteiger charge is 2.23. The maximum Gasteiger partial charge on any atom is 0.246 e. The van der Waals surface area contributed by atoms with E-state index in [1.807, 2.05) is 13.1 Å². The molecule has 0 aromatic heterocycles. The molecule has 5 nitrogen and oxygen atoms in total. The molecular weight excluding hydrogens is 410 g/mol. The summed E-state index contributed by atoms with van der Waals surface area (Å²) in [6.45, 7) is 11.6. The van der Waals surface area contributed by atoms with Gasteiger partial charge in [0.05, 0.1) is 6.04 Å². The molecule has 7 heteroatoms. The predicted octanol–water partition coefficient (Wildman–Crippen LogP) is 4.26. The van der Waals surface area contributed by atoms with Crippen LogP contribution in [0.1, 0.15) is 42.9 Å². The zero-order valence-electron chi connectivity index (χ0n) is 19.0. The maximum absolute atomic E-state index is 14.5. The van der Waals surface area contributed by atoms with Crippen LogP contribution >= 0.6 is 0 Å². The van der Waals surface area contributed by atoms with Gasteiger partial charge in [0.1, 0.15) is 5.82 Å². The minimum Gasteiger partial charge on any atom is -0.342 e. The average molecular weight is 443 g/mol. The van der Waals surface area contributed by atoms with Gasteiger partial charge < -0.3 is 10.2 Å². The van der Waals surface area contributed by atoms with Crippen molar-refractivity contribution < 1.29 is 13.6 Å². The van der Waals surface area contributed by atoms with Crippen LogP contribution in [0.5, 0.6) is 0 Å². The Balaban J connectivity index is 1.64. The number of benzene rings is 1. The Bertz CT molecular complexity index is 954. The molecule has 2 aliphatic rings. The van der Waals surface area contributed by atoms with Gasteiger partial charge in [0.15, 0.2) is 11.7 Å². The summed E-state index contributed by atoms with van der Waals surface area (Å²) in [5.41, 5.74) is 3.30. The highest BCUT2D eigenvalue weighted by Crippen LogP contribution is 2.26. The number of nitrogens with one attached hydrogen (secondary N) is 1. The molecule has 0 radical (unpaired) electrons. The van der Waals surface area contributed by atoms with Crippen molar-refractivity contribution in [2.75, 3.05) is 20.1 Å². The van der Waals surface area contributed by atoms with Crippen LogP contribution in [0, 0.1) is 5.82 Å². The fraction of sp³-hybridized carbons (Fsp3) is 0.440. The van der Waals surface area contributed by atoms with Crippen molar-refractivity contribution in [1.82, 2.24) is 15.1 Å². The number of carbonyl (C=O) groups excluding carboxylic acids is 1. The van der Waals surface area contributed by atoms with Gasteiger partial charge in [-0.3, -0.25) is 14.7 Å². The standard InChI is InChI=1S/C25H32F2N4O/c1-5-22(26)25(29-20-8-7-11-31(15-20)24(32)6-2)28-17(3)9-10-18-12-19-14-30(4)16-21(19)23(27)13-18/h5-6,12-13,20H,2-3,7-11,14-16H2,1,4H3,(H,28,29)/b22-5+. The minimum absolute atomic E-state index is 0.122. The summed E-state index contributed by atoms with van der Waals surface area (Å²) >= 11 is 0. The predicted molar refractivity (Wildman–Crippen MR) is 124 cm³/mol. The lowest BCUT2D eigenvalue weighted by Crippen LogP contribution is -2.41. The topological polar surface area (TPSA) is 47.9 Å². The van der Waals surface area contributed by atoms with E-state index < -0.39 is 5.83 Å². The lowest BCUT2D eigenvalue weighted by atomic mass is 10.0. The van der Waals surface area contributed by atoms with Crippen LogP contribution in [-0.2, 0) is 24.3 Å². The zero-order valence-corrected chi connectivity index (χ0v) is 19.0. The molecule has 1 aromatic rings. The summed E-state index contributed by atoms with van der Waals surface area (Å²) in [5, 5.41) is 3.00. The van der Waals surface area contributed by atoms with Gasteiger partial charge in [-0.05, 0) is 69.0 Å². The molecule has 1 amide bonds. The van der Waals surface area contributed by atoms with E-state index in [1.54, 1.807) is 17.9 Å². The van der Waals surface area contributed by atoms with E-state index in [0.29, 0.717) is 38.2 Å². The van der Waals surface area contributed by atoms with Crippen molar-refractivity contribution in [3.8, 4) is 0 Å². The molecule has 2 aliphatic heterocycles. The van der Waals surface area contributed by atoms with Gasteiger partial charge >= 0.3 is 0 Å². The minimum atomic E-state index is -0.468. The summed E-state index contributed by atoms with van der Waals surface area (Å²) < 4.78 is 28.9. The normalized spacial score (nSPS) is 19.6. The van der Waals surface area contributed by atoms with E-state index in [1.165, 1.54) is 12.2 Å². The Labute approximate surface area is 189 Å². The largest absolute Gasteiger partial charge is 0.342 e. The number of hydrogen-bond donors (Lipinski definition) is 1. The number of piperidine rings is 1. The number of allylic oxidation sites excluding steroid dienone is 2. The van der Waals surface area contributed by atoms with Crippen molar-refractivity contribution in [2.45, 2.75) is 51.7 Å². The molecule has 3 rings (SSSR count). The highest BCUT2D eigenvalue weighted by molar-refractivity contribution is 5.97. The third kappa shape index (κ3) is 5.91. The molecule has 0 spiro atoms. The van der Waals surface area contributed by atoms with Gasteiger partial charge in [-0.25, -0.2) is 8.78 Å². The van der Waals surface area contributed by atoms with Crippen LogP contribution in [0.2, 0.25) is 0 Å². The number of amidine groups is 1. The summed E-state index contributed by atoms with van der Waals surface area (Å²) in [4.78, 5) is 20.2. The van der Waals surface area contributed by atoms with Gasteiger partial charge in [-0.15, -0.1) is 0 Å². The molecule has 1 saturated heterocycles. The second-order valence-electron chi connectivity index (χ2n) is 8.51. The third-order valence-electron chi connectivity index (χ3n) is 5.90. The van der Waals surface area contributed by atoms with Crippen LogP contribution < -0.4 is 5.32 Å². The fourth-order valence-electron chi connectivity index (χ4n) is 4.22. The molecule has 1 aromatic carbocycles. The number of carbonyl (C=O) groups is 1. The first-order chi connectivity index (χ1) is 15.3. The SMILES string of the molecule is C=CC(=O)N1CCCC(N=C(NC(=C)CCc2cc(F)c3c(c2)CN(C)C3)/C(F)=C\C)C1. The van der Waals surface area contributed by atoms with Gasteiger partial charge in [0, 0.05) is 37.4 Å². The van der Waals surface area contributed by atoms with Crippen molar-refractivity contribution in [3.63, 3.8) is 0 Å². The number of nitrogens with zero attached hydrogens (tertiary/aromatic N) is 3. The molecule has 0 aliphatic carbocycles. The smallest absolute Gasteiger partial charge is 0.246 e. The molecule has 0 saturated carbocycles. The molecular formula is C25H32F2N4O. The van der Waals surface area contributed by atoms with Crippen LogP contribution in [0.3, 0.4) is 0 Å². The third-order valence-corrected chi connectivity index (χ3v) is 5.90. The van der Waals surface area contributed by atoms with Crippen molar-refractivity contribution in [2.24, 2.45) is 4.99 Å². The van der Waals surface area contributed by atoms with E-state index in [-0.39, 0.29) is 23.6 Å². The number of aryl methyl sites for hydroxylation is 1. The second kappa shape index (κ2) is 10.7. The summed E-state index contributed by atoms with van der Waals surface area (Å²) in [6, 6.07) is 3.43. The van der Waals surface area contributed by atoms with Crippen LogP contribution in [0.25, 0.3) is 0 Å². The van der Waals surface area contributed by atoms with E-state index in [0.717, 1.165) is 36.1 Å². The van der Waals surface area contributed by atoms with E-state index in [9.17, 15) is 13.6 Å². The first-order valence-electron chi connectivity index (χ1n) is 11.1. The Morgan fingerprint density at radius 3 is 2.88 bits per heavy atom. The summed E-state index contributed by atoms with van der Waals surface area (Å²) in [7, 11) is 1.97. The number of aliphatic imine (C=N–C) groups is 1. The zero-order chi connectivity index (χ0) is 23.3. The Morgan fingerprint density at radius 1 is 1.38 bits per heavy atom. The molecule has 0 bridgehead atoms. The van der Waals surface area contributed by atoms with Crippen molar-refractivity contribution in [1.29, 1.82) is 0 Å². The van der Waals surface area contributed by atoms with Crippen molar-refractivity contribution >= 4 is 11.7 Å². The average Bonchev–Trinajstić information content (AvgIpc) is 3.17. The van der Waals surface area contributed by atoms with Gasteiger partial charge in [0.25, 0.3) is 0 Å². The van der Waals surface area contributed by atoms with Gasteiger partial charge in [-0.1, -0.05) is 19.2 Å². The molecule has 1 N–H and O–H groups in total. The Kier molecular flexibility index (Phi) is 7.96. The van der Waals surface area contributed by atoms with Crippen LogP contribution in [0.4, 0.5) is 8.78 Å². The van der Waals surface area contributed by atoms with Crippen molar-refractivity contribution in [3.05, 3.63) is 71.5 Å². The van der Waals surface area contributed by atoms with Crippen LogP contribution in [-0.4, -0.2) is 47.7 Å². The molecule has 1 atom stereocenters. The molecule has 2 heterocycles. The van der Waals surface area contributed by atoms with Gasteiger partial charge in [0.2, 0.25) is 5.91 Å². The van der Waals surface area contributed by atoms with Crippen LogP contribution in [0.15, 0.2) is 54.0 Å². The van der Waals surface area contributed by atoms with E-state index >= 15 is 0 Å². The second-order valence-corrected chi connectivity index (χ2v) is 8.51. The highest BCUT2D eigenvalue weighted by atomic mass is 19.1. The molecule has 1 fully saturated rings. The number of rotatable bonds is 7. The number of hydrogen-bond acceptors (Lipinski definition) is 3. The quantitative estimate of drug-likeness (QED) is 0.390. The number of likely N-dealkylation sites (tertiary alicyclic amines) is 1. The lowest BCUT2D eigenvalue weighted by molar-refractivity contribution is -0.127. The fourth-order valence-corrected chi connectivity index (χ4v) is 4.22. The number of fused-ring (bicyclic) bond motifs is 1. The first kappa shape index (κ1) is 23.9. The lowest BCUT2D eigenvalue weighted by Gasteiger charge is -2.30. The maximum atomic E-state index is 14.5. The number of amides is 1. The Morgan fingerprint density at radius 2 is 2.16 bits per heavy atom. The van der Waals surface area contributed by atoms with E-state index in [2.05, 4.69) is 28.4 Å². The summed E-state index contributed by atoms with van der Waals surface area (Å²) in [5.74, 6) is -0.649. The Hall–Kier alpha value is -2.80. The number of halogens is 2. The first-order valence-corrected chi connectivity index (χ1v) is 11.1. The molecule has 172 valence electrons.